The van der Waals surface area contributed by atoms with E-state index in [-0.39, 0.29) is 5.91 Å². The van der Waals surface area contributed by atoms with Crippen LogP contribution in [0.2, 0.25) is 5.02 Å². The van der Waals surface area contributed by atoms with Gasteiger partial charge in [-0.05, 0) is 48.0 Å². The van der Waals surface area contributed by atoms with E-state index in [1.54, 1.807) is 42.5 Å². The Morgan fingerprint density at radius 1 is 1.04 bits per heavy atom. The first-order chi connectivity index (χ1) is 13.1. The minimum absolute atomic E-state index is 0.233. The molecule has 0 spiro atoms. The second kappa shape index (κ2) is 10.3. The van der Waals surface area contributed by atoms with Crippen molar-refractivity contribution in [3.05, 3.63) is 53.1 Å². The van der Waals surface area contributed by atoms with Gasteiger partial charge in [0.2, 0.25) is 11.7 Å². The fourth-order valence-corrected chi connectivity index (χ4v) is 2.43. The molecule has 0 atom stereocenters. The standard InChI is InChI=1S/C20H22ClNO5/c1-24-17-12-14(13-18(25-2)20(17)26-3)4-9-19(23)22-10-11-27-16-7-5-15(21)6-8-16/h4-9,12-13H,10-11H2,1-3H3,(H,22,23)/b9-4+. The predicted octanol–water partition coefficient (Wildman–Crippen LogP) is 3.57. The van der Waals surface area contributed by atoms with Gasteiger partial charge in [-0.3, -0.25) is 4.79 Å². The van der Waals surface area contributed by atoms with Crippen molar-refractivity contribution in [2.24, 2.45) is 0 Å². The highest BCUT2D eigenvalue weighted by atomic mass is 35.5. The molecule has 0 bridgehead atoms. The molecule has 144 valence electrons. The molecule has 0 fully saturated rings. The van der Waals surface area contributed by atoms with Gasteiger partial charge < -0.3 is 24.3 Å². The summed E-state index contributed by atoms with van der Waals surface area (Å²) in [5.74, 6) is 2.01. The zero-order valence-corrected chi connectivity index (χ0v) is 16.2. The van der Waals surface area contributed by atoms with E-state index in [2.05, 4.69) is 5.32 Å². The minimum atomic E-state index is -0.233. The molecule has 0 aliphatic carbocycles. The smallest absolute Gasteiger partial charge is 0.244 e. The maximum absolute atomic E-state index is 11.9. The van der Waals surface area contributed by atoms with Crippen molar-refractivity contribution in [3.8, 4) is 23.0 Å². The minimum Gasteiger partial charge on any atom is -0.493 e. The molecule has 0 saturated heterocycles. The number of hydrogen-bond donors (Lipinski definition) is 1. The molecule has 2 aromatic carbocycles. The predicted molar refractivity (Wildman–Crippen MR) is 105 cm³/mol. The van der Waals surface area contributed by atoms with Gasteiger partial charge in [0.25, 0.3) is 0 Å². The summed E-state index contributed by atoms with van der Waals surface area (Å²) in [6.45, 7) is 0.729. The first-order valence-electron chi connectivity index (χ1n) is 8.21. The number of halogens is 1. The number of carbonyl (C=O) groups is 1. The van der Waals surface area contributed by atoms with Gasteiger partial charge in [0.1, 0.15) is 12.4 Å². The fourth-order valence-electron chi connectivity index (χ4n) is 2.30. The summed E-state index contributed by atoms with van der Waals surface area (Å²) < 4.78 is 21.4. The summed E-state index contributed by atoms with van der Waals surface area (Å²) in [7, 11) is 4.62. The van der Waals surface area contributed by atoms with Crippen molar-refractivity contribution in [3.63, 3.8) is 0 Å². The highest BCUT2D eigenvalue weighted by molar-refractivity contribution is 6.30. The van der Waals surface area contributed by atoms with Gasteiger partial charge in [0.15, 0.2) is 11.5 Å². The molecule has 0 aromatic heterocycles. The van der Waals surface area contributed by atoms with Gasteiger partial charge in [-0.1, -0.05) is 11.6 Å². The molecule has 27 heavy (non-hydrogen) atoms. The number of benzene rings is 2. The summed E-state index contributed by atoms with van der Waals surface area (Å²) in [4.78, 5) is 11.9. The molecule has 7 heteroatoms. The Kier molecular flexibility index (Phi) is 7.82. The Balaban J connectivity index is 1.87. The van der Waals surface area contributed by atoms with E-state index in [1.165, 1.54) is 27.4 Å². The average Bonchev–Trinajstić information content (AvgIpc) is 2.70. The third-order valence-corrected chi connectivity index (χ3v) is 3.85. The van der Waals surface area contributed by atoms with Gasteiger partial charge in [0.05, 0.1) is 27.9 Å². The molecule has 6 nitrogen and oxygen atoms in total. The lowest BCUT2D eigenvalue weighted by Gasteiger charge is -2.12. The van der Waals surface area contributed by atoms with Crippen molar-refractivity contribution < 1.29 is 23.7 Å². The number of ether oxygens (including phenoxy) is 4. The van der Waals surface area contributed by atoms with Crippen molar-refractivity contribution in [1.82, 2.24) is 5.32 Å². The van der Waals surface area contributed by atoms with Crippen LogP contribution in [0.1, 0.15) is 5.56 Å². The van der Waals surface area contributed by atoms with E-state index in [1.807, 2.05) is 0 Å². The molecular weight excluding hydrogens is 370 g/mol. The lowest BCUT2D eigenvalue weighted by atomic mass is 10.1. The van der Waals surface area contributed by atoms with Crippen molar-refractivity contribution in [2.75, 3.05) is 34.5 Å². The zero-order chi connectivity index (χ0) is 19.6. The normalized spacial score (nSPS) is 10.5. The lowest BCUT2D eigenvalue weighted by molar-refractivity contribution is -0.116. The lowest BCUT2D eigenvalue weighted by Crippen LogP contribution is -2.26. The maximum atomic E-state index is 11.9. The topological polar surface area (TPSA) is 66.0 Å². The Bertz CT molecular complexity index is 764. The first-order valence-corrected chi connectivity index (χ1v) is 8.59. The Hall–Kier alpha value is -2.86. The molecule has 0 unspecified atom stereocenters. The number of methoxy groups -OCH3 is 3. The van der Waals surface area contributed by atoms with Crippen LogP contribution in [-0.4, -0.2) is 40.4 Å². The van der Waals surface area contributed by atoms with Crippen molar-refractivity contribution in [2.45, 2.75) is 0 Å². The second-order valence-electron chi connectivity index (χ2n) is 5.39. The van der Waals surface area contributed by atoms with Gasteiger partial charge in [-0.2, -0.15) is 0 Å². The number of carbonyl (C=O) groups excluding carboxylic acids is 1. The van der Waals surface area contributed by atoms with Crippen LogP contribution in [0.15, 0.2) is 42.5 Å². The quantitative estimate of drug-likeness (QED) is 0.523. The average molecular weight is 392 g/mol. The van der Waals surface area contributed by atoms with Gasteiger partial charge in [-0.15, -0.1) is 0 Å². The van der Waals surface area contributed by atoms with E-state index in [0.29, 0.717) is 41.2 Å². The van der Waals surface area contributed by atoms with E-state index in [0.717, 1.165) is 5.56 Å². The number of amides is 1. The SMILES string of the molecule is COc1cc(/C=C/C(=O)NCCOc2ccc(Cl)cc2)cc(OC)c1OC. The largest absolute Gasteiger partial charge is 0.493 e. The summed E-state index contributed by atoms with van der Waals surface area (Å²) in [6.07, 6.45) is 3.10. The van der Waals surface area contributed by atoms with Crippen molar-refractivity contribution in [1.29, 1.82) is 0 Å². The van der Waals surface area contributed by atoms with Gasteiger partial charge in [0, 0.05) is 11.1 Å². The molecule has 2 rings (SSSR count). The van der Waals surface area contributed by atoms with E-state index in [9.17, 15) is 4.79 Å². The number of hydrogen-bond acceptors (Lipinski definition) is 5. The highest BCUT2D eigenvalue weighted by Gasteiger charge is 2.12. The third kappa shape index (κ3) is 6.11. The van der Waals surface area contributed by atoms with E-state index >= 15 is 0 Å². The molecule has 0 heterocycles. The monoisotopic (exact) mass is 391 g/mol. The van der Waals surface area contributed by atoms with Crippen LogP contribution in [0, 0.1) is 0 Å². The molecule has 0 radical (unpaired) electrons. The van der Waals surface area contributed by atoms with Crippen LogP contribution < -0.4 is 24.3 Å². The number of rotatable bonds is 9. The van der Waals surface area contributed by atoms with Crippen LogP contribution in [0.5, 0.6) is 23.0 Å². The Morgan fingerprint density at radius 2 is 1.67 bits per heavy atom. The van der Waals surface area contributed by atoms with E-state index in [4.69, 9.17) is 30.5 Å². The second-order valence-corrected chi connectivity index (χ2v) is 5.82. The molecule has 0 aliphatic rings. The number of nitrogens with one attached hydrogen (secondary N) is 1. The van der Waals surface area contributed by atoms with Crippen LogP contribution in [-0.2, 0) is 4.79 Å². The van der Waals surface area contributed by atoms with Crippen LogP contribution in [0.4, 0.5) is 0 Å². The van der Waals surface area contributed by atoms with Gasteiger partial charge >= 0.3 is 0 Å². The maximum Gasteiger partial charge on any atom is 0.244 e. The van der Waals surface area contributed by atoms with Gasteiger partial charge in [-0.25, -0.2) is 0 Å². The molecule has 1 N–H and O–H groups in total. The van der Waals surface area contributed by atoms with Crippen LogP contribution in [0.25, 0.3) is 6.08 Å². The first kappa shape index (κ1) is 20.5. The molecule has 0 aliphatic heterocycles. The van der Waals surface area contributed by atoms with Crippen LogP contribution >= 0.6 is 11.6 Å². The summed E-state index contributed by atoms with van der Waals surface area (Å²) in [5, 5.41) is 3.40. The molecule has 2 aromatic rings. The zero-order valence-electron chi connectivity index (χ0n) is 15.5. The Morgan fingerprint density at radius 3 is 2.22 bits per heavy atom. The van der Waals surface area contributed by atoms with Crippen molar-refractivity contribution >= 4 is 23.6 Å². The Labute approximate surface area is 163 Å². The molecule has 1 amide bonds. The summed E-state index contributed by atoms with van der Waals surface area (Å²) >= 11 is 5.81. The molecular formula is C20H22ClNO5. The fraction of sp³-hybridized carbons (Fsp3) is 0.250. The molecule has 0 saturated carbocycles. The highest BCUT2D eigenvalue weighted by Crippen LogP contribution is 2.38. The van der Waals surface area contributed by atoms with Crippen LogP contribution in [0.3, 0.4) is 0 Å². The summed E-state index contributed by atoms with van der Waals surface area (Å²) in [6, 6.07) is 10.6. The third-order valence-electron chi connectivity index (χ3n) is 3.60. The summed E-state index contributed by atoms with van der Waals surface area (Å²) in [5.41, 5.74) is 0.747. The van der Waals surface area contributed by atoms with E-state index < -0.39 is 0 Å².